The molecular weight excluding hydrogens is 526 g/mol. The highest BCUT2D eigenvalue weighted by Crippen LogP contribution is 2.36. The summed E-state index contributed by atoms with van der Waals surface area (Å²) in [7, 11) is -2.41. The largest absolute Gasteiger partial charge is 0.497 e. The lowest BCUT2D eigenvalue weighted by Gasteiger charge is -2.29. The molecule has 0 radical (unpaired) electrons. The Hall–Kier alpha value is -3.64. The maximum atomic E-state index is 13.2. The summed E-state index contributed by atoms with van der Waals surface area (Å²) in [6.07, 6.45) is 4.27. The number of aliphatic hydroxyl groups is 1. The van der Waals surface area contributed by atoms with E-state index < -0.39 is 22.3 Å². The van der Waals surface area contributed by atoms with Crippen LogP contribution in [0.5, 0.6) is 5.75 Å². The van der Waals surface area contributed by atoms with Gasteiger partial charge >= 0.3 is 5.97 Å². The molecule has 0 spiro atoms. The van der Waals surface area contributed by atoms with Crippen molar-refractivity contribution in [2.45, 2.75) is 23.5 Å². The van der Waals surface area contributed by atoms with Gasteiger partial charge in [0.15, 0.2) is 0 Å². The fourth-order valence-corrected chi connectivity index (χ4v) is 5.67. The zero-order chi connectivity index (χ0) is 27.8. The summed E-state index contributed by atoms with van der Waals surface area (Å²) in [6, 6.07) is 13.5. The standard InChI is InChI=1S/C28H31NO9S/c1-3-15-36-28(31)26-17-20(24-19-37-25-7-5-4-6-23(24)25)18-27(38-26)35-16-13-29(12-14-30)39(32,33)22-10-8-21(34-2)9-11-22/h3-11,17,19-20,27,30H,1,12-16,18H2,2H3/t20-,27+/m1/s1. The number of benzene rings is 2. The lowest BCUT2D eigenvalue weighted by Crippen LogP contribution is -2.37. The first-order chi connectivity index (χ1) is 18.9. The summed E-state index contributed by atoms with van der Waals surface area (Å²) < 4.78 is 55.1. The fraction of sp³-hybridized carbons (Fsp3) is 0.321. The van der Waals surface area contributed by atoms with Gasteiger partial charge in [-0.1, -0.05) is 30.9 Å². The van der Waals surface area contributed by atoms with Crippen molar-refractivity contribution in [2.24, 2.45) is 0 Å². The number of furan rings is 1. The number of fused-ring (bicyclic) bond motifs is 1. The van der Waals surface area contributed by atoms with E-state index in [1.165, 1.54) is 25.3 Å². The van der Waals surface area contributed by atoms with Crippen molar-refractivity contribution in [3.05, 3.63) is 84.8 Å². The quantitative estimate of drug-likeness (QED) is 0.248. The monoisotopic (exact) mass is 557 g/mol. The summed E-state index contributed by atoms with van der Waals surface area (Å²) in [4.78, 5) is 12.7. The number of allylic oxidation sites excluding steroid dienone is 1. The summed E-state index contributed by atoms with van der Waals surface area (Å²) in [5.41, 5.74) is 1.57. The van der Waals surface area contributed by atoms with Crippen molar-refractivity contribution in [1.29, 1.82) is 0 Å². The number of aliphatic hydroxyl groups excluding tert-OH is 1. The van der Waals surface area contributed by atoms with Gasteiger partial charge in [0.25, 0.3) is 0 Å². The minimum Gasteiger partial charge on any atom is -0.497 e. The molecule has 10 nitrogen and oxygen atoms in total. The van der Waals surface area contributed by atoms with Crippen LogP contribution in [0.2, 0.25) is 0 Å². The smallest absolute Gasteiger partial charge is 0.373 e. The summed E-state index contributed by atoms with van der Waals surface area (Å²) in [5, 5.41) is 10.4. The van der Waals surface area contributed by atoms with Gasteiger partial charge in [-0.15, -0.1) is 0 Å². The second kappa shape index (κ2) is 12.9. The Kier molecular flexibility index (Phi) is 9.41. The highest BCUT2D eigenvalue weighted by atomic mass is 32.2. The number of ether oxygens (including phenoxy) is 4. The SMILES string of the molecule is C=CCOC(=O)C1=C[C@@H](c2coc3ccccc23)C[C@@H](OCCN(CCO)S(=O)(=O)c2ccc(OC)cc2)O1. The van der Waals surface area contributed by atoms with Gasteiger partial charge in [-0.25, -0.2) is 13.2 Å². The molecule has 0 fully saturated rings. The molecule has 1 aliphatic heterocycles. The highest BCUT2D eigenvalue weighted by Gasteiger charge is 2.32. The van der Waals surface area contributed by atoms with E-state index in [2.05, 4.69) is 6.58 Å². The van der Waals surface area contributed by atoms with Crippen LogP contribution in [0.4, 0.5) is 0 Å². The van der Waals surface area contributed by atoms with Gasteiger partial charge < -0.3 is 28.5 Å². The summed E-state index contributed by atoms with van der Waals surface area (Å²) in [5.74, 6) is -0.433. The van der Waals surface area contributed by atoms with Crippen LogP contribution in [-0.4, -0.2) is 70.1 Å². The van der Waals surface area contributed by atoms with Crippen LogP contribution in [0, 0.1) is 0 Å². The molecule has 1 aliphatic rings. The Balaban J connectivity index is 1.49. The molecule has 1 aromatic heterocycles. The van der Waals surface area contributed by atoms with Gasteiger partial charge in [-0.3, -0.25) is 0 Å². The van der Waals surface area contributed by atoms with Crippen LogP contribution >= 0.6 is 0 Å². The van der Waals surface area contributed by atoms with Crippen molar-refractivity contribution in [3.8, 4) is 5.75 Å². The Morgan fingerprint density at radius 2 is 1.95 bits per heavy atom. The number of rotatable bonds is 13. The van der Waals surface area contributed by atoms with Crippen molar-refractivity contribution >= 4 is 27.0 Å². The number of para-hydroxylation sites is 1. The van der Waals surface area contributed by atoms with Crippen LogP contribution in [-0.2, 0) is 29.0 Å². The molecule has 0 aliphatic carbocycles. The number of esters is 1. The second-order valence-corrected chi connectivity index (χ2v) is 10.6. The fourth-order valence-electron chi connectivity index (χ4n) is 4.26. The molecule has 11 heteroatoms. The Labute approximate surface area is 227 Å². The van der Waals surface area contributed by atoms with Crippen LogP contribution in [0.25, 0.3) is 11.0 Å². The van der Waals surface area contributed by atoms with Gasteiger partial charge in [0.1, 0.15) is 17.9 Å². The number of hydrogen-bond acceptors (Lipinski definition) is 9. The summed E-state index contributed by atoms with van der Waals surface area (Å²) in [6.45, 7) is 2.99. The van der Waals surface area contributed by atoms with E-state index >= 15 is 0 Å². The Bertz CT molecular complexity index is 1410. The van der Waals surface area contributed by atoms with Crippen molar-refractivity contribution < 1.29 is 41.7 Å². The Morgan fingerprint density at radius 3 is 2.67 bits per heavy atom. The molecular formula is C28H31NO9S. The number of nitrogens with zero attached hydrogens (tertiary/aromatic N) is 1. The third-order valence-corrected chi connectivity index (χ3v) is 8.11. The first kappa shape index (κ1) is 28.4. The maximum absolute atomic E-state index is 13.2. The maximum Gasteiger partial charge on any atom is 0.373 e. The predicted molar refractivity (Wildman–Crippen MR) is 142 cm³/mol. The molecule has 2 atom stereocenters. The van der Waals surface area contributed by atoms with Gasteiger partial charge in [-0.2, -0.15) is 4.31 Å². The van der Waals surface area contributed by atoms with Gasteiger partial charge in [0.05, 0.1) is 31.5 Å². The molecule has 0 saturated carbocycles. The van der Waals surface area contributed by atoms with Crippen LogP contribution < -0.4 is 4.74 Å². The average Bonchev–Trinajstić information content (AvgIpc) is 3.39. The normalized spacial score (nSPS) is 17.5. The molecule has 2 heterocycles. The second-order valence-electron chi connectivity index (χ2n) is 8.67. The average molecular weight is 558 g/mol. The zero-order valence-electron chi connectivity index (χ0n) is 21.5. The number of sulfonamides is 1. The van der Waals surface area contributed by atoms with E-state index in [0.29, 0.717) is 17.8 Å². The van der Waals surface area contributed by atoms with Crippen molar-refractivity contribution in [3.63, 3.8) is 0 Å². The lowest BCUT2D eigenvalue weighted by molar-refractivity contribution is -0.160. The van der Waals surface area contributed by atoms with Gasteiger partial charge in [0.2, 0.25) is 22.1 Å². The molecule has 0 saturated heterocycles. The van der Waals surface area contributed by atoms with E-state index in [9.17, 15) is 18.3 Å². The van der Waals surface area contributed by atoms with E-state index in [4.69, 9.17) is 23.4 Å². The Morgan fingerprint density at radius 1 is 1.18 bits per heavy atom. The van der Waals surface area contributed by atoms with Crippen LogP contribution in [0.1, 0.15) is 17.9 Å². The predicted octanol–water partition coefficient (Wildman–Crippen LogP) is 3.58. The van der Waals surface area contributed by atoms with Crippen molar-refractivity contribution in [1.82, 2.24) is 4.31 Å². The molecule has 4 rings (SSSR count). The minimum atomic E-state index is -3.91. The third kappa shape index (κ3) is 6.69. The minimum absolute atomic E-state index is 0.0125. The molecule has 1 N–H and O–H groups in total. The first-order valence-electron chi connectivity index (χ1n) is 12.4. The number of carbonyl (C=O) groups excluding carboxylic acids is 1. The van der Waals surface area contributed by atoms with E-state index in [-0.39, 0.29) is 49.5 Å². The lowest BCUT2D eigenvalue weighted by atomic mass is 9.92. The van der Waals surface area contributed by atoms with Gasteiger partial charge in [0, 0.05) is 36.4 Å². The third-order valence-electron chi connectivity index (χ3n) is 6.19. The topological polar surface area (TPSA) is 125 Å². The molecule has 0 unspecified atom stereocenters. The molecule has 208 valence electrons. The number of carbonyl (C=O) groups is 1. The summed E-state index contributed by atoms with van der Waals surface area (Å²) >= 11 is 0. The molecule has 0 bridgehead atoms. The molecule has 2 aromatic carbocycles. The highest BCUT2D eigenvalue weighted by molar-refractivity contribution is 7.89. The van der Waals surface area contributed by atoms with Crippen LogP contribution in [0.3, 0.4) is 0 Å². The first-order valence-corrected chi connectivity index (χ1v) is 13.8. The van der Waals surface area contributed by atoms with Crippen LogP contribution in [0.15, 0.2) is 88.6 Å². The van der Waals surface area contributed by atoms with Gasteiger partial charge in [-0.05, 0) is 36.4 Å². The van der Waals surface area contributed by atoms with E-state index in [1.54, 1.807) is 24.5 Å². The molecule has 0 amide bonds. The molecule has 3 aromatic rings. The van der Waals surface area contributed by atoms with E-state index in [1.807, 2.05) is 24.3 Å². The van der Waals surface area contributed by atoms with E-state index in [0.717, 1.165) is 15.3 Å². The zero-order valence-corrected chi connectivity index (χ0v) is 22.3. The van der Waals surface area contributed by atoms with Crippen molar-refractivity contribution in [2.75, 3.05) is 40.0 Å². The number of methoxy groups -OCH3 is 1. The number of hydrogen-bond donors (Lipinski definition) is 1. The molecule has 39 heavy (non-hydrogen) atoms.